The Morgan fingerprint density at radius 3 is 2.17 bits per heavy atom. The van der Waals surface area contributed by atoms with Gasteiger partial charge in [0.2, 0.25) is 0 Å². The molecular weight excluding hydrogens is 74.1 g/mol. The van der Waals surface area contributed by atoms with Crippen LogP contribution >= 0.6 is 0 Å². The van der Waals surface area contributed by atoms with Gasteiger partial charge >= 0.3 is 0 Å². The van der Waals surface area contributed by atoms with Crippen LogP contribution in [-0.4, -0.2) is 6.21 Å². The highest BCUT2D eigenvalue weighted by Crippen LogP contribution is 2.23. The predicted octanol–water partition coefficient (Wildman–Crippen LogP) is 1.44. The molecule has 1 fully saturated rings. The van der Waals surface area contributed by atoms with E-state index in [4.69, 9.17) is 5.41 Å². The molecule has 0 atom stereocenters. The van der Waals surface area contributed by atoms with Crippen LogP contribution < -0.4 is 0 Å². The Balaban J connectivity index is 2.16. The summed E-state index contributed by atoms with van der Waals surface area (Å²) >= 11 is 0. The van der Waals surface area contributed by atoms with Crippen LogP contribution in [0.25, 0.3) is 0 Å². The summed E-state index contributed by atoms with van der Waals surface area (Å²) < 4.78 is 0. The van der Waals surface area contributed by atoms with E-state index in [1.54, 1.807) is 6.21 Å². The number of nitrogens with one attached hydrogen (secondary N) is 1. The van der Waals surface area contributed by atoms with Crippen molar-refractivity contribution in [2.75, 3.05) is 0 Å². The lowest BCUT2D eigenvalue weighted by Crippen LogP contribution is -2.10. The fraction of sp³-hybridized carbons (Fsp3) is 0.800. The van der Waals surface area contributed by atoms with Gasteiger partial charge in [0.05, 0.1) is 0 Å². The van der Waals surface area contributed by atoms with Crippen molar-refractivity contribution in [3.05, 3.63) is 0 Å². The Hall–Kier alpha value is -0.330. The largest absolute Gasteiger partial charge is 0.313 e. The molecule has 0 unspecified atom stereocenters. The average Bonchev–Trinajstić information content (AvgIpc) is 1.31. The van der Waals surface area contributed by atoms with Crippen molar-refractivity contribution in [2.24, 2.45) is 5.92 Å². The van der Waals surface area contributed by atoms with Gasteiger partial charge in [-0.1, -0.05) is 6.42 Å². The van der Waals surface area contributed by atoms with Crippen molar-refractivity contribution < 1.29 is 0 Å². The number of hydrogen-bond acceptors (Lipinski definition) is 1. The zero-order valence-electron chi connectivity index (χ0n) is 3.78. The van der Waals surface area contributed by atoms with E-state index in [2.05, 4.69) is 0 Å². The van der Waals surface area contributed by atoms with E-state index in [0.29, 0.717) is 5.92 Å². The van der Waals surface area contributed by atoms with Crippen LogP contribution in [-0.2, 0) is 0 Å². The van der Waals surface area contributed by atoms with Crippen molar-refractivity contribution in [3.63, 3.8) is 0 Å². The number of hydrogen-bond donors (Lipinski definition) is 1. The first-order valence-corrected chi connectivity index (χ1v) is 2.44. The lowest BCUT2D eigenvalue weighted by Gasteiger charge is -2.19. The Morgan fingerprint density at radius 2 is 2.17 bits per heavy atom. The molecule has 0 amide bonds. The molecule has 1 aliphatic carbocycles. The standard InChI is InChI=1S/C5H9N/c6-4-5-2-1-3-5/h4-6H,1-3H2. The highest BCUT2D eigenvalue weighted by atomic mass is 14.4. The third-order valence-corrected chi connectivity index (χ3v) is 1.39. The molecule has 1 heteroatoms. The lowest BCUT2D eigenvalue weighted by molar-refractivity contribution is 0.419. The molecular formula is C5H9N. The summed E-state index contributed by atoms with van der Waals surface area (Å²) in [5.74, 6) is 0.657. The highest BCUT2D eigenvalue weighted by molar-refractivity contribution is 5.57. The molecule has 0 radical (unpaired) electrons. The average molecular weight is 83.1 g/mol. The van der Waals surface area contributed by atoms with Gasteiger partial charge in [-0.15, -0.1) is 0 Å². The van der Waals surface area contributed by atoms with E-state index in [1.165, 1.54) is 19.3 Å². The molecule has 0 spiro atoms. The Labute approximate surface area is 37.9 Å². The lowest BCUT2D eigenvalue weighted by atomic mass is 9.87. The van der Waals surface area contributed by atoms with E-state index in [9.17, 15) is 0 Å². The predicted molar refractivity (Wildman–Crippen MR) is 26.1 cm³/mol. The summed E-state index contributed by atoms with van der Waals surface area (Å²) in [4.78, 5) is 0. The van der Waals surface area contributed by atoms with Crippen LogP contribution in [0.2, 0.25) is 0 Å². The fourth-order valence-electron chi connectivity index (χ4n) is 0.606. The Kier molecular flexibility index (Phi) is 0.906. The number of rotatable bonds is 1. The van der Waals surface area contributed by atoms with Crippen molar-refractivity contribution in [1.82, 2.24) is 0 Å². The first kappa shape index (κ1) is 3.85. The van der Waals surface area contributed by atoms with Gasteiger partial charge in [-0.3, -0.25) is 0 Å². The van der Waals surface area contributed by atoms with Crippen LogP contribution in [0.5, 0.6) is 0 Å². The van der Waals surface area contributed by atoms with Gasteiger partial charge in [0.25, 0.3) is 0 Å². The van der Waals surface area contributed by atoms with Gasteiger partial charge in [0, 0.05) is 0 Å². The molecule has 1 nitrogen and oxygen atoms in total. The van der Waals surface area contributed by atoms with Crippen LogP contribution in [0.1, 0.15) is 19.3 Å². The normalized spacial score (nSPS) is 22.7. The summed E-state index contributed by atoms with van der Waals surface area (Å²) in [5.41, 5.74) is 0. The van der Waals surface area contributed by atoms with Gasteiger partial charge in [-0.25, -0.2) is 0 Å². The molecule has 1 saturated carbocycles. The molecule has 0 aromatic rings. The second kappa shape index (κ2) is 1.41. The molecule has 1 aliphatic rings. The fourth-order valence-corrected chi connectivity index (χ4v) is 0.606. The maximum Gasteiger partial charge on any atom is -0.00167 e. The minimum Gasteiger partial charge on any atom is -0.313 e. The van der Waals surface area contributed by atoms with E-state index >= 15 is 0 Å². The first-order chi connectivity index (χ1) is 2.93. The molecule has 1 N–H and O–H groups in total. The smallest absolute Gasteiger partial charge is 0.00167 e. The first-order valence-electron chi connectivity index (χ1n) is 2.44. The minimum atomic E-state index is 0.657. The second-order valence-corrected chi connectivity index (χ2v) is 1.86. The minimum absolute atomic E-state index is 0.657. The maximum absolute atomic E-state index is 6.73. The topological polar surface area (TPSA) is 23.9 Å². The second-order valence-electron chi connectivity index (χ2n) is 1.86. The summed E-state index contributed by atoms with van der Waals surface area (Å²) in [6, 6.07) is 0. The molecule has 1 rings (SSSR count). The van der Waals surface area contributed by atoms with Gasteiger partial charge in [-0.2, -0.15) is 0 Å². The molecule has 0 aromatic carbocycles. The van der Waals surface area contributed by atoms with E-state index < -0.39 is 0 Å². The van der Waals surface area contributed by atoms with Crippen LogP contribution in [0.4, 0.5) is 0 Å². The third kappa shape index (κ3) is 0.445. The van der Waals surface area contributed by atoms with Crippen LogP contribution in [0.3, 0.4) is 0 Å². The zero-order valence-corrected chi connectivity index (χ0v) is 3.78. The molecule has 0 aliphatic heterocycles. The van der Waals surface area contributed by atoms with E-state index in [1.807, 2.05) is 0 Å². The molecule has 0 bridgehead atoms. The summed E-state index contributed by atoms with van der Waals surface area (Å²) in [7, 11) is 0. The Morgan fingerprint density at radius 1 is 1.50 bits per heavy atom. The van der Waals surface area contributed by atoms with E-state index in [-0.39, 0.29) is 0 Å². The molecule has 34 valence electrons. The molecule has 0 aromatic heterocycles. The summed E-state index contributed by atoms with van der Waals surface area (Å²) in [6.07, 6.45) is 5.44. The summed E-state index contributed by atoms with van der Waals surface area (Å²) in [6.45, 7) is 0. The zero-order chi connectivity index (χ0) is 4.41. The molecule has 0 heterocycles. The van der Waals surface area contributed by atoms with Crippen LogP contribution in [0, 0.1) is 11.3 Å². The van der Waals surface area contributed by atoms with E-state index in [0.717, 1.165) is 0 Å². The monoisotopic (exact) mass is 83.1 g/mol. The summed E-state index contributed by atoms with van der Waals surface area (Å²) in [5, 5.41) is 6.73. The van der Waals surface area contributed by atoms with Gasteiger partial charge < -0.3 is 5.41 Å². The van der Waals surface area contributed by atoms with Gasteiger partial charge in [0.15, 0.2) is 0 Å². The third-order valence-electron chi connectivity index (χ3n) is 1.39. The van der Waals surface area contributed by atoms with Crippen molar-refractivity contribution in [3.8, 4) is 0 Å². The van der Waals surface area contributed by atoms with Crippen molar-refractivity contribution in [2.45, 2.75) is 19.3 Å². The quantitative estimate of drug-likeness (QED) is 0.464. The van der Waals surface area contributed by atoms with Crippen molar-refractivity contribution in [1.29, 1.82) is 5.41 Å². The Bertz CT molecular complexity index is 55.0. The van der Waals surface area contributed by atoms with Gasteiger partial charge in [-0.05, 0) is 25.0 Å². The van der Waals surface area contributed by atoms with Crippen LogP contribution in [0.15, 0.2) is 0 Å². The maximum atomic E-state index is 6.73. The SMILES string of the molecule is N=CC1CCC1. The highest BCUT2D eigenvalue weighted by Gasteiger charge is 2.12. The molecule has 6 heavy (non-hydrogen) atoms. The van der Waals surface area contributed by atoms with Crippen molar-refractivity contribution >= 4 is 6.21 Å². The molecule has 0 saturated heterocycles. The van der Waals surface area contributed by atoms with Gasteiger partial charge in [0.1, 0.15) is 0 Å².